The van der Waals surface area contributed by atoms with Crippen molar-refractivity contribution in [2.45, 2.75) is 18.9 Å². The lowest BCUT2D eigenvalue weighted by Gasteiger charge is -2.29. The molecule has 3 nitrogen and oxygen atoms in total. The zero-order valence-electron chi connectivity index (χ0n) is 12.2. The van der Waals surface area contributed by atoms with E-state index in [9.17, 15) is 5.11 Å². The first-order chi connectivity index (χ1) is 10.3. The van der Waals surface area contributed by atoms with E-state index in [1.807, 2.05) is 42.5 Å². The highest BCUT2D eigenvalue weighted by atomic mass is 16.5. The van der Waals surface area contributed by atoms with Crippen LogP contribution in [0.5, 0.6) is 11.5 Å². The predicted molar refractivity (Wildman–Crippen MR) is 81.8 cm³/mol. The Morgan fingerprint density at radius 1 is 1.19 bits per heavy atom. The lowest BCUT2D eigenvalue weighted by Crippen LogP contribution is -2.33. The molecule has 3 heteroatoms. The molecule has 0 aromatic heterocycles. The number of hydrogen-bond donors (Lipinski definition) is 1. The van der Waals surface area contributed by atoms with Crippen LogP contribution in [0.4, 0.5) is 0 Å². The second-order valence-corrected chi connectivity index (χ2v) is 5.47. The summed E-state index contributed by atoms with van der Waals surface area (Å²) in [4.78, 5) is 0. The molecule has 2 aromatic rings. The minimum Gasteiger partial charge on any atom is -0.496 e. The van der Waals surface area contributed by atoms with Crippen LogP contribution in [-0.4, -0.2) is 24.9 Å². The summed E-state index contributed by atoms with van der Waals surface area (Å²) >= 11 is 0. The van der Waals surface area contributed by atoms with Crippen molar-refractivity contribution >= 4 is 0 Å². The maximum Gasteiger partial charge on any atom is 0.122 e. The number of methoxy groups -OCH3 is 1. The molecule has 0 radical (unpaired) electrons. The molecule has 0 fully saturated rings. The number of benzene rings is 2. The zero-order chi connectivity index (χ0) is 14.7. The van der Waals surface area contributed by atoms with E-state index in [4.69, 9.17) is 9.47 Å². The summed E-state index contributed by atoms with van der Waals surface area (Å²) in [5.74, 6) is 1.89. The molecule has 0 aliphatic carbocycles. The van der Waals surface area contributed by atoms with Crippen LogP contribution >= 0.6 is 0 Å². The van der Waals surface area contributed by atoms with Gasteiger partial charge in [0.1, 0.15) is 11.5 Å². The number of fused-ring (bicyclic) bond motifs is 1. The molecule has 1 aliphatic rings. The molecule has 0 spiro atoms. The molecule has 2 unspecified atom stereocenters. The third-order valence-corrected chi connectivity index (χ3v) is 4.07. The van der Waals surface area contributed by atoms with Gasteiger partial charge in [-0.2, -0.15) is 0 Å². The summed E-state index contributed by atoms with van der Waals surface area (Å²) in [6.45, 7) is 0.563. The average molecular weight is 284 g/mol. The number of para-hydroxylation sites is 2. The SMILES string of the molecule is COc1ccccc1CC(O)C1COc2ccccc2C1. The normalized spacial score (nSPS) is 18.5. The van der Waals surface area contributed by atoms with Crippen LogP contribution in [0.15, 0.2) is 48.5 Å². The van der Waals surface area contributed by atoms with Crippen molar-refractivity contribution in [3.63, 3.8) is 0 Å². The fourth-order valence-electron chi connectivity index (χ4n) is 2.86. The first-order valence-electron chi connectivity index (χ1n) is 7.28. The van der Waals surface area contributed by atoms with Crippen LogP contribution in [0.2, 0.25) is 0 Å². The summed E-state index contributed by atoms with van der Waals surface area (Å²) in [7, 11) is 1.66. The van der Waals surface area contributed by atoms with Crippen molar-refractivity contribution in [2.75, 3.05) is 13.7 Å². The molecule has 2 aromatic carbocycles. The van der Waals surface area contributed by atoms with Gasteiger partial charge in [-0.1, -0.05) is 36.4 Å². The largest absolute Gasteiger partial charge is 0.496 e. The Balaban J connectivity index is 1.71. The Morgan fingerprint density at radius 2 is 1.95 bits per heavy atom. The van der Waals surface area contributed by atoms with Gasteiger partial charge in [-0.15, -0.1) is 0 Å². The van der Waals surface area contributed by atoms with Gasteiger partial charge in [0.15, 0.2) is 0 Å². The van der Waals surface area contributed by atoms with Crippen molar-refractivity contribution in [3.8, 4) is 11.5 Å². The summed E-state index contributed by atoms with van der Waals surface area (Å²) in [5, 5.41) is 10.5. The van der Waals surface area contributed by atoms with Gasteiger partial charge in [0.05, 0.1) is 19.8 Å². The smallest absolute Gasteiger partial charge is 0.122 e. The minimum absolute atomic E-state index is 0.116. The summed E-state index contributed by atoms with van der Waals surface area (Å²) in [6, 6.07) is 15.9. The van der Waals surface area contributed by atoms with Gasteiger partial charge < -0.3 is 14.6 Å². The molecule has 1 heterocycles. The molecule has 0 amide bonds. The number of ether oxygens (including phenoxy) is 2. The van der Waals surface area contributed by atoms with Crippen molar-refractivity contribution in [2.24, 2.45) is 5.92 Å². The first kappa shape index (κ1) is 14.0. The molecular formula is C18H20O3. The molecule has 1 N–H and O–H groups in total. The predicted octanol–water partition coefficient (Wildman–Crippen LogP) is 2.85. The van der Waals surface area contributed by atoms with E-state index in [1.165, 1.54) is 5.56 Å². The molecule has 110 valence electrons. The second-order valence-electron chi connectivity index (χ2n) is 5.47. The Hall–Kier alpha value is -2.00. The second kappa shape index (κ2) is 6.19. The molecule has 0 bridgehead atoms. The number of aliphatic hydroxyl groups is 1. The van der Waals surface area contributed by atoms with E-state index >= 15 is 0 Å². The lowest BCUT2D eigenvalue weighted by atomic mass is 9.89. The third-order valence-electron chi connectivity index (χ3n) is 4.07. The quantitative estimate of drug-likeness (QED) is 0.938. The van der Waals surface area contributed by atoms with E-state index in [-0.39, 0.29) is 5.92 Å². The minimum atomic E-state index is -0.436. The van der Waals surface area contributed by atoms with Crippen LogP contribution in [0.25, 0.3) is 0 Å². The Bertz CT molecular complexity index is 609. The number of rotatable bonds is 4. The van der Waals surface area contributed by atoms with Crippen LogP contribution in [-0.2, 0) is 12.8 Å². The lowest BCUT2D eigenvalue weighted by molar-refractivity contribution is 0.0648. The topological polar surface area (TPSA) is 38.7 Å². The van der Waals surface area contributed by atoms with E-state index in [0.717, 1.165) is 23.5 Å². The van der Waals surface area contributed by atoms with Gasteiger partial charge in [0.2, 0.25) is 0 Å². The van der Waals surface area contributed by atoms with Gasteiger partial charge >= 0.3 is 0 Å². The molecule has 0 saturated carbocycles. The van der Waals surface area contributed by atoms with Gasteiger partial charge in [0.25, 0.3) is 0 Å². The summed E-state index contributed by atoms with van der Waals surface area (Å²) < 4.78 is 11.1. The Kier molecular flexibility index (Phi) is 4.11. The summed E-state index contributed by atoms with van der Waals surface area (Å²) in [5.41, 5.74) is 2.21. The maximum absolute atomic E-state index is 10.5. The number of aliphatic hydroxyl groups excluding tert-OH is 1. The molecule has 2 atom stereocenters. The van der Waals surface area contributed by atoms with Crippen LogP contribution in [0.1, 0.15) is 11.1 Å². The van der Waals surface area contributed by atoms with Crippen LogP contribution in [0.3, 0.4) is 0 Å². The standard InChI is InChI=1S/C18H20O3/c1-20-17-8-4-2-7-14(17)11-16(19)15-10-13-6-3-5-9-18(13)21-12-15/h2-9,15-16,19H,10-12H2,1H3. The molecule has 0 saturated heterocycles. The fourth-order valence-corrected chi connectivity index (χ4v) is 2.86. The van der Waals surface area contributed by atoms with Gasteiger partial charge in [0, 0.05) is 12.3 Å². The summed E-state index contributed by atoms with van der Waals surface area (Å²) in [6.07, 6.45) is 1.00. The van der Waals surface area contributed by atoms with E-state index in [0.29, 0.717) is 13.0 Å². The van der Waals surface area contributed by atoms with Crippen molar-refractivity contribution in [1.29, 1.82) is 0 Å². The van der Waals surface area contributed by atoms with Crippen LogP contribution < -0.4 is 9.47 Å². The van der Waals surface area contributed by atoms with E-state index in [2.05, 4.69) is 6.07 Å². The van der Waals surface area contributed by atoms with Gasteiger partial charge in [-0.05, 0) is 29.7 Å². The fraction of sp³-hybridized carbons (Fsp3) is 0.333. The van der Waals surface area contributed by atoms with E-state index < -0.39 is 6.10 Å². The van der Waals surface area contributed by atoms with Gasteiger partial charge in [-0.25, -0.2) is 0 Å². The van der Waals surface area contributed by atoms with Crippen LogP contribution in [0, 0.1) is 5.92 Å². The van der Waals surface area contributed by atoms with Crippen molar-refractivity contribution in [1.82, 2.24) is 0 Å². The van der Waals surface area contributed by atoms with Gasteiger partial charge in [-0.3, -0.25) is 0 Å². The Labute approximate surface area is 125 Å². The first-order valence-corrected chi connectivity index (χ1v) is 7.28. The highest BCUT2D eigenvalue weighted by Crippen LogP contribution is 2.30. The van der Waals surface area contributed by atoms with E-state index in [1.54, 1.807) is 7.11 Å². The Morgan fingerprint density at radius 3 is 2.81 bits per heavy atom. The highest BCUT2D eigenvalue weighted by molar-refractivity contribution is 5.36. The third kappa shape index (κ3) is 3.03. The molecule has 1 aliphatic heterocycles. The van der Waals surface area contributed by atoms with Crippen molar-refractivity contribution < 1.29 is 14.6 Å². The zero-order valence-corrected chi connectivity index (χ0v) is 12.2. The average Bonchev–Trinajstić information content (AvgIpc) is 2.55. The molecule has 21 heavy (non-hydrogen) atoms. The number of hydrogen-bond acceptors (Lipinski definition) is 3. The van der Waals surface area contributed by atoms with Crippen molar-refractivity contribution in [3.05, 3.63) is 59.7 Å². The monoisotopic (exact) mass is 284 g/mol. The molecular weight excluding hydrogens is 264 g/mol. The maximum atomic E-state index is 10.5. The highest BCUT2D eigenvalue weighted by Gasteiger charge is 2.26. The molecule has 3 rings (SSSR count).